The zero-order chi connectivity index (χ0) is 5.86. The molecule has 0 saturated carbocycles. The fourth-order valence-electron chi connectivity index (χ4n) is 0.0371. The van der Waals surface area contributed by atoms with Gasteiger partial charge >= 0.3 is 0 Å². The average Bonchev–Trinajstić information content (AvgIpc) is 1.65. The standard InChI is InChI=1S/H3IP2S4/c1-6(4)7(5)3-2/h6H,2H2. The minimum absolute atomic E-state index is 0.0561. The molecule has 0 nitrogen and oxygen atoms in total. The van der Waals surface area contributed by atoms with E-state index in [1.807, 2.05) is 0 Å². The molecule has 0 heterocycles. The predicted octanol–water partition coefficient (Wildman–Crippen LogP) is 1.80. The van der Waals surface area contributed by atoms with Gasteiger partial charge in [0.05, 0.1) is 0 Å². The van der Waals surface area contributed by atoms with Crippen LogP contribution in [0.4, 0.5) is 0 Å². The Morgan fingerprint density at radius 1 is 1.86 bits per heavy atom. The van der Waals surface area contributed by atoms with E-state index < -0.39 is 0 Å². The summed E-state index contributed by atoms with van der Waals surface area (Å²) in [5.74, 6) is 0. The first-order valence-corrected chi connectivity index (χ1v) is 12.2. The van der Waals surface area contributed by atoms with Crippen LogP contribution in [0.2, 0.25) is 0 Å². The molecule has 0 aliphatic rings. The lowest BCUT2D eigenvalue weighted by Gasteiger charge is -1.64. The van der Waals surface area contributed by atoms with Crippen molar-refractivity contribution in [2.45, 2.75) is 0 Å². The molecule has 2 atom stereocenters. The molecular weight excluding hydrogens is 317 g/mol. The van der Waals surface area contributed by atoms with Crippen LogP contribution in [0.5, 0.6) is 0 Å². The summed E-state index contributed by atoms with van der Waals surface area (Å²) in [6.07, 6.45) is 0. The smallest absolute Gasteiger partial charge is 0.000978 e. The fourth-order valence-corrected chi connectivity index (χ4v) is 14.4. The van der Waals surface area contributed by atoms with Crippen LogP contribution in [0.25, 0.3) is 0 Å². The van der Waals surface area contributed by atoms with Gasteiger partial charge in [0, 0.05) is 21.2 Å². The summed E-state index contributed by atoms with van der Waals surface area (Å²) >= 11 is 12.2. The van der Waals surface area contributed by atoms with E-state index in [1.165, 1.54) is 7.04 Å². The van der Waals surface area contributed by atoms with Crippen molar-refractivity contribution < 1.29 is 0 Å². The highest BCUT2D eigenvalue weighted by Gasteiger charge is 1.56. The summed E-state index contributed by atoms with van der Waals surface area (Å²) in [6.45, 7) is 0. The lowest BCUT2D eigenvalue weighted by Crippen LogP contribution is -1.42. The largest absolute Gasteiger partial charge is 0.0710 e. The van der Waals surface area contributed by atoms with Gasteiger partial charge in [0.15, 0.2) is 0 Å². The number of thiol groups is 1. The molecule has 0 bridgehead atoms. The van der Waals surface area contributed by atoms with Gasteiger partial charge in [-0.3, -0.25) is 0 Å². The Hall–Kier alpha value is 2.47. The van der Waals surface area contributed by atoms with Gasteiger partial charge in [-0.15, -0.1) is 0 Å². The second-order valence-electron chi connectivity index (χ2n) is 0.549. The third-order valence-corrected chi connectivity index (χ3v) is 23.2. The molecule has 7 heavy (non-hydrogen) atoms. The normalized spacial score (nSPS) is 14.0. The van der Waals surface area contributed by atoms with E-state index >= 15 is 0 Å². The minimum Gasteiger partial charge on any atom is -0.0710 e. The molecule has 0 aliphatic carbocycles. The van der Waals surface area contributed by atoms with Gasteiger partial charge in [0.2, 0.25) is 0 Å². The van der Waals surface area contributed by atoms with Crippen LogP contribution in [-0.2, 0) is 34.8 Å². The predicted molar refractivity (Wildman–Crippen MR) is 61.5 cm³/mol. The van der Waals surface area contributed by atoms with Crippen LogP contribution in [0.15, 0.2) is 0 Å². The summed E-state index contributed by atoms with van der Waals surface area (Å²) in [6, 6.07) is 0. The SMILES string of the molecule is PP=S(=S)=[SH](=S)I. The molecule has 0 aromatic heterocycles. The highest BCUT2D eigenvalue weighted by atomic mass is 127. The van der Waals surface area contributed by atoms with E-state index in [2.05, 4.69) is 30.1 Å². The van der Waals surface area contributed by atoms with E-state index in [0.717, 1.165) is 0 Å². The molecule has 2 unspecified atom stereocenters. The Balaban J connectivity index is 5.15. The highest BCUT2D eigenvalue weighted by molar-refractivity contribution is 14.2. The molecule has 0 aliphatic heterocycles. The molecule has 0 aromatic rings. The van der Waals surface area contributed by atoms with Crippen LogP contribution >= 0.6 is 37.2 Å². The quantitative estimate of drug-likeness (QED) is 0.313. The summed E-state index contributed by atoms with van der Waals surface area (Å²) in [5, 5.41) is -0.299. The molecular formula is H3IP2S4. The van der Waals surface area contributed by atoms with E-state index in [0.29, 0.717) is 0 Å². The van der Waals surface area contributed by atoms with Gasteiger partial charge in [0.25, 0.3) is 0 Å². The average molecular weight is 320 g/mol. The van der Waals surface area contributed by atoms with Gasteiger partial charge in [-0.2, -0.15) is 0 Å². The fraction of sp³-hybridized carbons (Fsp3) is 0. The van der Waals surface area contributed by atoms with E-state index in [4.69, 9.17) is 22.4 Å². The molecule has 44 valence electrons. The second-order valence-corrected chi connectivity index (χ2v) is 19.4. The summed E-state index contributed by atoms with van der Waals surface area (Å²) in [4.78, 5) is 0. The number of rotatable bonds is 0. The van der Waals surface area contributed by atoms with Gasteiger partial charge in [-0.05, 0) is 29.4 Å². The maximum absolute atomic E-state index is 4.97. The summed E-state index contributed by atoms with van der Waals surface area (Å²) in [7, 11) is 3.84. The molecule has 0 aromatic carbocycles. The third kappa shape index (κ3) is 4.94. The zero-order valence-electron chi connectivity index (χ0n) is 3.07. The van der Waals surface area contributed by atoms with Crippen molar-refractivity contribution in [1.82, 2.24) is 0 Å². The Labute approximate surface area is 71.0 Å². The maximum Gasteiger partial charge on any atom is 0.000978 e. The van der Waals surface area contributed by atoms with Crippen molar-refractivity contribution in [3.05, 3.63) is 0 Å². The molecule has 0 radical (unpaired) electrons. The van der Waals surface area contributed by atoms with Crippen LogP contribution in [-0.4, -0.2) is 0 Å². The van der Waals surface area contributed by atoms with Gasteiger partial charge in [-0.1, -0.05) is 21.3 Å². The van der Waals surface area contributed by atoms with Crippen LogP contribution < -0.4 is 0 Å². The van der Waals surface area contributed by atoms with E-state index in [1.54, 1.807) is 0 Å². The first-order chi connectivity index (χ1) is 3.18. The van der Waals surface area contributed by atoms with Crippen molar-refractivity contribution in [3.63, 3.8) is 0 Å². The van der Waals surface area contributed by atoms with Gasteiger partial charge in [0.1, 0.15) is 0 Å². The highest BCUT2D eigenvalue weighted by Crippen LogP contribution is 2.07. The molecule has 0 amide bonds. The number of hydrogen-bond donors (Lipinski definition) is 1. The van der Waals surface area contributed by atoms with Gasteiger partial charge < -0.3 is 0 Å². The number of halogens is 1. The van der Waals surface area contributed by atoms with Crippen LogP contribution in [0.1, 0.15) is 0 Å². The minimum atomic E-state index is -0.299. The Kier molecular flexibility index (Phi) is 7.13. The molecule has 0 rings (SSSR count). The second kappa shape index (κ2) is 5.27. The van der Waals surface area contributed by atoms with Crippen LogP contribution in [0, 0.1) is 0 Å². The number of hydrogen-bond acceptors (Lipinski definition) is 2. The third-order valence-electron chi connectivity index (χ3n) is 0.213. The zero-order valence-corrected chi connectivity index (χ0v) is 10.6. The monoisotopic (exact) mass is 320 g/mol. The Bertz CT molecular complexity index is 216. The summed E-state index contributed by atoms with van der Waals surface area (Å²) in [5.41, 5.74) is 0. The van der Waals surface area contributed by atoms with Crippen molar-refractivity contribution in [2.75, 3.05) is 0 Å². The molecule has 0 N–H and O–H groups in total. The Morgan fingerprint density at radius 3 is 2.29 bits per heavy atom. The van der Waals surface area contributed by atoms with Gasteiger partial charge in [-0.25, -0.2) is 0 Å². The van der Waals surface area contributed by atoms with Crippen molar-refractivity contribution in [1.29, 1.82) is 0 Å². The maximum atomic E-state index is 4.97. The topological polar surface area (TPSA) is 0 Å². The van der Waals surface area contributed by atoms with E-state index in [-0.39, 0.29) is 12.4 Å². The van der Waals surface area contributed by atoms with Crippen molar-refractivity contribution in [2.24, 2.45) is 0 Å². The summed E-state index contributed by atoms with van der Waals surface area (Å²) < 4.78 is 0. The van der Waals surface area contributed by atoms with Crippen molar-refractivity contribution in [3.8, 4) is 0 Å². The van der Waals surface area contributed by atoms with Crippen molar-refractivity contribution >= 4 is 71.9 Å². The Morgan fingerprint density at radius 2 is 2.29 bits per heavy atom. The van der Waals surface area contributed by atoms with E-state index in [9.17, 15) is 0 Å². The lowest BCUT2D eigenvalue weighted by atomic mass is 29.8. The lowest BCUT2D eigenvalue weighted by molar-refractivity contribution is 5.65. The first-order valence-electron chi connectivity index (χ1n) is 1.14. The molecule has 0 spiro atoms. The van der Waals surface area contributed by atoms with Crippen LogP contribution in [0.3, 0.4) is 0 Å². The molecule has 0 fully saturated rings. The molecule has 0 saturated heterocycles. The molecule has 7 heteroatoms. The first kappa shape index (κ1) is 9.47.